The van der Waals surface area contributed by atoms with Gasteiger partial charge in [-0.3, -0.25) is 9.78 Å². The third kappa shape index (κ3) is 4.41. The van der Waals surface area contributed by atoms with Crippen LogP contribution in [-0.2, 0) is 0 Å². The first kappa shape index (κ1) is 21.1. The Bertz CT molecular complexity index is 1320. The number of likely N-dealkylation sites (tertiary alicyclic amines) is 1. The van der Waals surface area contributed by atoms with Gasteiger partial charge < -0.3 is 10.2 Å². The number of rotatable bonds is 4. The number of hydrogen-bond donors (Lipinski definition) is 1. The monoisotopic (exact) mass is 444 g/mol. The summed E-state index contributed by atoms with van der Waals surface area (Å²) in [7, 11) is 0. The molecule has 5 rings (SSSR count). The minimum absolute atomic E-state index is 0.0524. The zero-order valence-electron chi connectivity index (χ0n) is 18.6. The summed E-state index contributed by atoms with van der Waals surface area (Å²) >= 11 is 0. The minimum Gasteiger partial charge on any atom is -0.355 e. The molecule has 1 atom stereocenters. The van der Waals surface area contributed by atoms with Gasteiger partial charge in [0, 0.05) is 54.2 Å². The molecule has 1 N–H and O–H groups in total. The number of aryl methyl sites for hydroxylation is 2. The number of nitrogens with one attached hydrogen (secondary N) is 1. The lowest BCUT2D eigenvalue weighted by Gasteiger charge is -2.32. The number of halogens is 1. The number of pyridine rings is 1. The highest BCUT2D eigenvalue weighted by Crippen LogP contribution is 2.30. The van der Waals surface area contributed by atoms with Gasteiger partial charge in [-0.2, -0.15) is 5.10 Å². The summed E-state index contributed by atoms with van der Waals surface area (Å²) in [4.78, 5) is 24.4. The van der Waals surface area contributed by atoms with Gasteiger partial charge in [-0.1, -0.05) is 0 Å². The fraction of sp³-hybridized carbons (Fsp3) is 0.280. The molecular formula is C25H25FN6O. The Kier molecular flexibility index (Phi) is 5.50. The quantitative estimate of drug-likeness (QED) is 0.496. The number of piperidine rings is 1. The van der Waals surface area contributed by atoms with E-state index in [-0.39, 0.29) is 17.6 Å². The topological polar surface area (TPSA) is 75.4 Å². The largest absolute Gasteiger partial charge is 0.355 e. The van der Waals surface area contributed by atoms with Crippen molar-refractivity contribution in [3.63, 3.8) is 0 Å². The Morgan fingerprint density at radius 2 is 1.94 bits per heavy atom. The minimum atomic E-state index is -0.268. The number of amides is 1. The Morgan fingerprint density at radius 1 is 1.12 bits per heavy atom. The maximum atomic E-state index is 13.3. The van der Waals surface area contributed by atoms with E-state index in [2.05, 4.69) is 15.4 Å². The molecule has 0 aliphatic carbocycles. The van der Waals surface area contributed by atoms with Gasteiger partial charge in [-0.15, -0.1) is 0 Å². The molecule has 0 radical (unpaired) electrons. The summed E-state index contributed by atoms with van der Waals surface area (Å²) in [5.41, 5.74) is 5.63. The lowest BCUT2D eigenvalue weighted by molar-refractivity contribution is 0.0707. The third-order valence-electron chi connectivity index (χ3n) is 5.95. The average Bonchev–Trinajstić information content (AvgIpc) is 3.23. The van der Waals surface area contributed by atoms with Crippen molar-refractivity contribution < 1.29 is 9.18 Å². The fourth-order valence-corrected chi connectivity index (χ4v) is 4.37. The van der Waals surface area contributed by atoms with Crippen LogP contribution < -0.4 is 5.32 Å². The van der Waals surface area contributed by atoms with E-state index in [0.29, 0.717) is 24.3 Å². The van der Waals surface area contributed by atoms with Crippen LogP contribution in [0.3, 0.4) is 0 Å². The van der Waals surface area contributed by atoms with Crippen LogP contribution in [0, 0.1) is 19.7 Å². The second-order valence-electron chi connectivity index (χ2n) is 8.60. The highest BCUT2D eigenvalue weighted by Gasteiger charge is 2.28. The van der Waals surface area contributed by atoms with Crippen molar-refractivity contribution in [2.45, 2.75) is 32.6 Å². The van der Waals surface area contributed by atoms with Crippen LogP contribution in [0.5, 0.6) is 0 Å². The van der Waals surface area contributed by atoms with Crippen molar-refractivity contribution in [2.75, 3.05) is 18.4 Å². The van der Waals surface area contributed by atoms with Gasteiger partial charge in [0.2, 0.25) is 0 Å². The van der Waals surface area contributed by atoms with Crippen LogP contribution in [0.2, 0.25) is 0 Å². The van der Waals surface area contributed by atoms with Crippen molar-refractivity contribution in [3.8, 4) is 0 Å². The van der Waals surface area contributed by atoms with Gasteiger partial charge in [-0.25, -0.2) is 13.9 Å². The van der Waals surface area contributed by atoms with E-state index in [1.807, 2.05) is 37.1 Å². The predicted molar refractivity (Wildman–Crippen MR) is 124 cm³/mol. The summed E-state index contributed by atoms with van der Waals surface area (Å²) in [6.45, 7) is 5.19. The molecule has 4 aromatic rings. The van der Waals surface area contributed by atoms with Crippen molar-refractivity contribution in [2.24, 2.45) is 0 Å². The predicted octanol–water partition coefficient (Wildman–Crippen LogP) is 4.64. The molecule has 8 heteroatoms. The molecule has 0 bridgehead atoms. The number of aromatic nitrogens is 4. The Balaban J connectivity index is 1.36. The third-order valence-corrected chi connectivity index (χ3v) is 5.95. The van der Waals surface area contributed by atoms with Gasteiger partial charge >= 0.3 is 0 Å². The first-order valence-electron chi connectivity index (χ1n) is 11.1. The van der Waals surface area contributed by atoms with Crippen LogP contribution in [0.4, 0.5) is 15.8 Å². The van der Waals surface area contributed by atoms with Gasteiger partial charge in [0.1, 0.15) is 11.4 Å². The molecule has 7 nitrogen and oxygen atoms in total. The highest BCUT2D eigenvalue weighted by atomic mass is 19.1. The number of carbonyl (C=O) groups is 1. The maximum absolute atomic E-state index is 13.3. The van der Waals surface area contributed by atoms with Gasteiger partial charge in [-0.05, 0) is 68.7 Å². The van der Waals surface area contributed by atoms with E-state index in [9.17, 15) is 9.18 Å². The van der Waals surface area contributed by atoms with Gasteiger partial charge in [0.15, 0.2) is 5.65 Å². The maximum Gasteiger partial charge on any atom is 0.259 e. The first-order chi connectivity index (χ1) is 16.0. The molecule has 3 aromatic heterocycles. The van der Waals surface area contributed by atoms with E-state index < -0.39 is 0 Å². The number of benzene rings is 1. The van der Waals surface area contributed by atoms with Crippen molar-refractivity contribution in [1.29, 1.82) is 0 Å². The van der Waals surface area contributed by atoms with Crippen LogP contribution in [0.1, 0.15) is 46.1 Å². The van der Waals surface area contributed by atoms with E-state index in [0.717, 1.165) is 41.2 Å². The van der Waals surface area contributed by atoms with E-state index in [1.165, 1.54) is 12.1 Å². The molecule has 0 saturated carbocycles. The highest BCUT2D eigenvalue weighted by molar-refractivity contribution is 5.99. The first-order valence-corrected chi connectivity index (χ1v) is 11.1. The molecule has 0 spiro atoms. The number of carbonyl (C=O) groups excluding carboxylic acids is 1. The Morgan fingerprint density at radius 3 is 2.76 bits per heavy atom. The number of fused-ring (bicyclic) bond motifs is 1. The molecule has 1 saturated heterocycles. The zero-order valence-corrected chi connectivity index (χ0v) is 18.6. The fourth-order valence-electron chi connectivity index (χ4n) is 4.37. The standard InChI is InChI=1S/C25H25FN6O/c1-16-12-27-24-22(13-28-32(24)14-16)25(33)31-9-3-4-18(15-31)23-11-21(10-17(2)29-23)30-20-7-5-19(26)6-8-20/h5-8,10-14,18H,3-4,9,15H2,1-2H3,(H,29,30). The molecule has 1 fully saturated rings. The molecule has 1 unspecified atom stereocenters. The molecule has 1 amide bonds. The van der Waals surface area contributed by atoms with Crippen LogP contribution in [0.25, 0.3) is 5.65 Å². The lowest BCUT2D eigenvalue weighted by Crippen LogP contribution is -2.39. The van der Waals surface area contributed by atoms with Crippen LogP contribution in [0.15, 0.2) is 55.0 Å². The van der Waals surface area contributed by atoms with E-state index in [1.54, 1.807) is 29.0 Å². The summed E-state index contributed by atoms with van der Waals surface area (Å²) in [5, 5.41) is 7.63. The van der Waals surface area contributed by atoms with Gasteiger partial charge in [0.05, 0.1) is 6.20 Å². The smallest absolute Gasteiger partial charge is 0.259 e. The van der Waals surface area contributed by atoms with Gasteiger partial charge in [0.25, 0.3) is 5.91 Å². The molecular weight excluding hydrogens is 419 g/mol. The van der Waals surface area contributed by atoms with E-state index >= 15 is 0 Å². The summed E-state index contributed by atoms with van der Waals surface area (Å²) in [5.74, 6) is -0.188. The summed E-state index contributed by atoms with van der Waals surface area (Å²) < 4.78 is 14.9. The number of anilines is 2. The molecule has 4 heterocycles. The van der Waals surface area contributed by atoms with Crippen LogP contribution in [-0.4, -0.2) is 43.5 Å². The zero-order chi connectivity index (χ0) is 22.9. The molecule has 1 aromatic carbocycles. The Hall–Kier alpha value is -3.81. The number of nitrogens with zero attached hydrogens (tertiary/aromatic N) is 5. The SMILES string of the molecule is Cc1cnc2c(C(=O)N3CCCC(c4cc(Nc5ccc(F)cc5)cc(C)n4)C3)cnn2c1. The normalized spacial score (nSPS) is 16.2. The average molecular weight is 445 g/mol. The van der Waals surface area contributed by atoms with Crippen molar-refractivity contribution in [1.82, 2.24) is 24.5 Å². The second kappa shape index (κ2) is 8.61. The lowest BCUT2D eigenvalue weighted by atomic mass is 9.93. The second-order valence-corrected chi connectivity index (χ2v) is 8.60. The molecule has 33 heavy (non-hydrogen) atoms. The number of hydrogen-bond acceptors (Lipinski definition) is 5. The molecule has 168 valence electrons. The van der Waals surface area contributed by atoms with E-state index in [4.69, 9.17) is 4.98 Å². The summed E-state index contributed by atoms with van der Waals surface area (Å²) in [6.07, 6.45) is 7.08. The summed E-state index contributed by atoms with van der Waals surface area (Å²) in [6, 6.07) is 10.3. The Labute approximate surface area is 191 Å². The van der Waals surface area contributed by atoms with Crippen LogP contribution >= 0.6 is 0 Å². The molecule has 1 aliphatic heterocycles. The van der Waals surface area contributed by atoms with Crippen molar-refractivity contribution in [3.05, 3.63) is 83.3 Å². The molecule has 1 aliphatic rings. The van der Waals surface area contributed by atoms with Crippen molar-refractivity contribution >= 4 is 22.9 Å².